The summed E-state index contributed by atoms with van der Waals surface area (Å²) in [7, 11) is 0. The van der Waals surface area contributed by atoms with E-state index < -0.39 is 0 Å². The van der Waals surface area contributed by atoms with E-state index in [2.05, 4.69) is 42.7 Å². The number of anilines is 1. The van der Waals surface area contributed by atoms with Crippen LogP contribution in [0.3, 0.4) is 0 Å². The predicted octanol–water partition coefficient (Wildman–Crippen LogP) is 1.84. The van der Waals surface area contributed by atoms with E-state index in [1.807, 2.05) is 18.2 Å². The van der Waals surface area contributed by atoms with Gasteiger partial charge in [-0.15, -0.1) is 0 Å². The van der Waals surface area contributed by atoms with Crippen LogP contribution in [0, 0.1) is 23.2 Å². The van der Waals surface area contributed by atoms with Gasteiger partial charge in [0.1, 0.15) is 11.8 Å². The van der Waals surface area contributed by atoms with Crippen LogP contribution >= 0.6 is 0 Å². The molecule has 0 unspecified atom stereocenters. The van der Waals surface area contributed by atoms with Crippen molar-refractivity contribution in [3.8, 4) is 17.9 Å². The Bertz CT molecular complexity index is 863. The molecule has 2 saturated heterocycles. The van der Waals surface area contributed by atoms with Crippen molar-refractivity contribution in [3.05, 3.63) is 48.2 Å². The zero-order valence-corrected chi connectivity index (χ0v) is 14.5. The number of hydrogen-bond donors (Lipinski definition) is 0. The number of nitriles is 1. The summed E-state index contributed by atoms with van der Waals surface area (Å²) in [4.78, 5) is 17.5. The van der Waals surface area contributed by atoms with E-state index in [4.69, 9.17) is 0 Å². The maximum atomic E-state index is 9.29. The molecule has 2 atom stereocenters. The summed E-state index contributed by atoms with van der Waals surface area (Å²) >= 11 is 0. The zero-order valence-electron chi connectivity index (χ0n) is 14.5. The van der Waals surface area contributed by atoms with Gasteiger partial charge in [0, 0.05) is 44.3 Å². The maximum absolute atomic E-state index is 9.29. The Morgan fingerprint density at radius 1 is 1.04 bits per heavy atom. The molecule has 2 aromatic rings. The highest BCUT2D eigenvalue weighted by Gasteiger charge is 2.35. The highest BCUT2D eigenvalue weighted by molar-refractivity contribution is 5.50. The van der Waals surface area contributed by atoms with Crippen LogP contribution in [-0.4, -0.2) is 51.6 Å². The molecule has 0 N–H and O–H groups in total. The summed E-state index contributed by atoms with van der Waals surface area (Å²) in [6.07, 6.45) is 8.43. The molecule has 4 rings (SSSR count). The molecule has 130 valence electrons. The van der Waals surface area contributed by atoms with Crippen molar-refractivity contribution >= 4 is 5.82 Å². The lowest BCUT2D eigenvalue weighted by Crippen LogP contribution is -2.58. The van der Waals surface area contributed by atoms with Crippen molar-refractivity contribution in [3.63, 3.8) is 0 Å². The van der Waals surface area contributed by atoms with Crippen LogP contribution < -0.4 is 4.90 Å². The molecule has 0 aromatic carbocycles. The molecule has 6 nitrogen and oxygen atoms in total. The van der Waals surface area contributed by atoms with Gasteiger partial charge in [0.25, 0.3) is 0 Å². The molecule has 26 heavy (non-hydrogen) atoms. The van der Waals surface area contributed by atoms with Crippen LogP contribution in [0.2, 0.25) is 0 Å². The summed E-state index contributed by atoms with van der Waals surface area (Å²) in [5.74, 6) is 7.36. The Morgan fingerprint density at radius 2 is 1.96 bits per heavy atom. The Hall–Kier alpha value is -2.96. The second-order valence-electron chi connectivity index (χ2n) is 6.61. The van der Waals surface area contributed by atoms with Gasteiger partial charge in [-0.05, 0) is 37.3 Å². The van der Waals surface area contributed by atoms with E-state index in [9.17, 15) is 5.26 Å². The lowest BCUT2D eigenvalue weighted by Gasteiger charge is -2.47. The highest BCUT2D eigenvalue weighted by atomic mass is 15.3. The number of nitrogens with zero attached hydrogens (tertiary/aromatic N) is 6. The molecule has 2 aromatic heterocycles. The maximum Gasteiger partial charge on any atom is 0.183 e. The third kappa shape index (κ3) is 3.37. The zero-order chi connectivity index (χ0) is 17.8. The van der Waals surface area contributed by atoms with E-state index >= 15 is 0 Å². The van der Waals surface area contributed by atoms with Gasteiger partial charge in [-0.1, -0.05) is 12.0 Å². The van der Waals surface area contributed by atoms with E-state index in [0.29, 0.717) is 17.6 Å². The highest BCUT2D eigenvalue weighted by Crippen LogP contribution is 2.28. The molecule has 0 bridgehead atoms. The van der Waals surface area contributed by atoms with Crippen molar-refractivity contribution in [1.29, 1.82) is 5.26 Å². The first kappa shape index (κ1) is 16.5. The van der Waals surface area contributed by atoms with Crippen molar-refractivity contribution < 1.29 is 0 Å². The first-order valence-corrected chi connectivity index (χ1v) is 8.99. The predicted molar refractivity (Wildman–Crippen MR) is 98.2 cm³/mol. The van der Waals surface area contributed by atoms with Crippen molar-refractivity contribution in [2.24, 2.45) is 0 Å². The normalized spacial score (nSPS) is 22.7. The van der Waals surface area contributed by atoms with E-state index in [-0.39, 0.29) is 6.04 Å². The van der Waals surface area contributed by atoms with Crippen LogP contribution in [-0.2, 0) is 0 Å². The fourth-order valence-electron chi connectivity index (χ4n) is 3.83. The fourth-order valence-corrected chi connectivity index (χ4v) is 3.83. The van der Waals surface area contributed by atoms with Crippen molar-refractivity contribution in [2.45, 2.75) is 31.3 Å². The number of rotatable bonds is 1. The standard InChI is InChI=1S/C20H20N6/c21-14-19-20(24-11-10-23-19)25-12-13-26-17(5-3-6-18(26)15-25)8-7-16-4-1-2-9-22-16/h1-2,4,9-11,17-18H,3,5-6,12-13,15H2/t17-,18+/m0/s1. The van der Waals surface area contributed by atoms with Gasteiger partial charge in [-0.3, -0.25) is 4.90 Å². The van der Waals surface area contributed by atoms with Gasteiger partial charge in [0.2, 0.25) is 0 Å². The summed E-state index contributed by atoms with van der Waals surface area (Å²) in [6.45, 7) is 2.63. The Kier molecular flexibility index (Phi) is 4.77. The first-order valence-electron chi connectivity index (χ1n) is 8.99. The summed E-state index contributed by atoms with van der Waals surface area (Å²) in [5.41, 5.74) is 1.23. The molecule has 6 heteroatoms. The van der Waals surface area contributed by atoms with Crippen LogP contribution in [0.5, 0.6) is 0 Å². The van der Waals surface area contributed by atoms with Crippen molar-refractivity contribution in [2.75, 3.05) is 24.5 Å². The number of piperidine rings is 1. The van der Waals surface area contributed by atoms with Crippen molar-refractivity contribution in [1.82, 2.24) is 19.9 Å². The van der Waals surface area contributed by atoms with Crippen LogP contribution in [0.1, 0.15) is 30.7 Å². The second kappa shape index (κ2) is 7.51. The number of piperazine rings is 1. The lowest BCUT2D eigenvalue weighted by molar-refractivity contribution is 0.100. The monoisotopic (exact) mass is 344 g/mol. The van der Waals surface area contributed by atoms with E-state index in [1.54, 1.807) is 18.6 Å². The van der Waals surface area contributed by atoms with Gasteiger partial charge in [0.05, 0.1) is 6.04 Å². The number of aromatic nitrogens is 3. The number of fused-ring (bicyclic) bond motifs is 1. The smallest absolute Gasteiger partial charge is 0.183 e. The Balaban J connectivity index is 1.49. The molecule has 4 heterocycles. The number of pyridine rings is 1. The molecule has 2 aliphatic heterocycles. The topological polar surface area (TPSA) is 68.9 Å². The quantitative estimate of drug-likeness (QED) is 0.735. The average molecular weight is 344 g/mol. The SMILES string of the molecule is N#Cc1nccnc1N1CCN2[C@H](CCC[C@H]2C#Cc2ccccn2)C1. The molecular formula is C20H20N6. The molecular weight excluding hydrogens is 324 g/mol. The van der Waals surface area contributed by atoms with Crippen LogP contribution in [0.4, 0.5) is 5.82 Å². The van der Waals surface area contributed by atoms with E-state index in [1.165, 1.54) is 6.42 Å². The minimum absolute atomic E-state index is 0.273. The molecule has 0 aliphatic carbocycles. The van der Waals surface area contributed by atoms with Crippen LogP contribution in [0.15, 0.2) is 36.8 Å². The minimum Gasteiger partial charge on any atom is -0.351 e. The Morgan fingerprint density at radius 3 is 2.81 bits per heavy atom. The fraction of sp³-hybridized carbons (Fsp3) is 0.400. The second-order valence-corrected chi connectivity index (χ2v) is 6.61. The molecule has 0 radical (unpaired) electrons. The Labute approximate surface area is 153 Å². The molecule has 2 fully saturated rings. The average Bonchev–Trinajstić information content (AvgIpc) is 2.72. The van der Waals surface area contributed by atoms with Gasteiger partial charge in [-0.25, -0.2) is 15.0 Å². The summed E-state index contributed by atoms with van der Waals surface area (Å²) < 4.78 is 0. The van der Waals surface area contributed by atoms with Gasteiger partial charge >= 0.3 is 0 Å². The lowest BCUT2D eigenvalue weighted by atomic mass is 9.93. The first-order chi connectivity index (χ1) is 12.8. The molecule has 2 aliphatic rings. The van der Waals surface area contributed by atoms with Gasteiger partial charge < -0.3 is 4.90 Å². The van der Waals surface area contributed by atoms with E-state index in [0.717, 1.165) is 38.2 Å². The molecule has 0 spiro atoms. The third-order valence-electron chi connectivity index (χ3n) is 5.06. The van der Waals surface area contributed by atoms with Crippen LogP contribution in [0.25, 0.3) is 0 Å². The van der Waals surface area contributed by atoms with Gasteiger partial charge in [0.15, 0.2) is 11.5 Å². The molecule has 0 saturated carbocycles. The third-order valence-corrected chi connectivity index (χ3v) is 5.06. The summed E-state index contributed by atoms with van der Waals surface area (Å²) in [6, 6.07) is 8.68. The van der Waals surface area contributed by atoms with Gasteiger partial charge in [-0.2, -0.15) is 5.26 Å². The molecule has 0 amide bonds. The minimum atomic E-state index is 0.273. The largest absolute Gasteiger partial charge is 0.351 e. The number of hydrogen-bond acceptors (Lipinski definition) is 6. The summed E-state index contributed by atoms with van der Waals surface area (Å²) in [5, 5.41) is 9.29.